The number of aromatic nitrogens is 1. The molecule has 0 aliphatic heterocycles. The number of hydrogen-bond acceptors (Lipinski definition) is 3. The van der Waals surface area contributed by atoms with E-state index >= 15 is 0 Å². The molecule has 0 radical (unpaired) electrons. The van der Waals surface area contributed by atoms with Crippen molar-refractivity contribution in [1.29, 1.82) is 0 Å². The lowest BCUT2D eigenvalue weighted by atomic mass is 10.1. The number of halogens is 1. The van der Waals surface area contributed by atoms with E-state index in [1.165, 1.54) is 0 Å². The highest BCUT2D eigenvalue weighted by Gasteiger charge is 2.00. The Hall–Kier alpha value is -1.87. The van der Waals surface area contributed by atoms with Crippen LogP contribution in [-0.4, -0.2) is 36.8 Å². The van der Waals surface area contributed by atoms with Crippen LogP contribution in [0.4, 0.5) is 0 Å². The van der Waals surface area contributed by atoms with E-state index in [1.54, 1.807) is 16.7 Å². The topological polar surface area (TPSA) is 67.7 Å². The average Bonchev–Trinajstić information content (AvgIpc) is 2.71. The Morgan fingerprint density at radius 3 is 2.48 bits per heavy atom. The molecule has 29 heavy (non-hydrogen) atoms. The van der Waals surface area contributed by atoms with Crippen LogP contribution in [0.5, 0.6) is 0 Å². The van der Waals surface area contributed by atoms with Crippen molar-refractivity contribution < 1.29 is 4.74 Å². The number of rotatable bonds is 11. The van der Waals surface area contributed by atoms with E-state index in [1.807, 2.05) is 19.2 Å². The molecule has 2 rings (SSSR count). The van der Waals surface area contributed by atoms with Crippen molar-refractivity contribution in [1.82, 2.24) is 15.2 Å². The molecule has 1 aromatic carbocycles. The smallest absolute Gasteiger partial charge is 0.250 e. The summed E-state index contributed by atoms with van der Waals surface area (Å²) in [6.07, 6.45) is 3.91. The van der Waals surface area contributed by atoms with Crippen molar-refractivity contribution in [2.45, 2.75) is 39.8 Å². The number of ether oxygens (including phenoxy) is 1. The van der Waals surface area contributed by atoms with E-state index < -0.39 is 0 Å². The van der Waals surface area contributed by atoms with Gasteiger partial charge in [-0.05, 0) is 43.9 Å². The predicted octanol–water partition coefficient (Wildman–Crippen LogP) is 3.39. The first-order valence-electron chi connectivity index (χ1n) is 10.1. The molecule has 1 aromatic heterocycles. The molecule has 2 aromatic rings. The lowest BCUT2D eigenvalue weighted by molar-refractivity contribution is 0.143. The maximum absolute atomic E-state index is 11.8. The lowest BCUT2D eigenvalue weighted by Crippen LogP contribution is -2.37. The Bertz CT molecular complexity index is 775. The zero-order valence-electron chi connectivity index (χ0n) is 17.4. The zero-order chi connectivity index (χ0) is 20.0. The minimum atomic E-state index is 0. The van der Waals surface area contributed by atoms with Gasteiger partial charge in [-0.3, -0.25) is 4.79 Å². The lowest BCUT2D eigenvalue weighted by Gasteiger charge is -2.11. The van der Waals surface area contributed by atoms with Crippen molar-refractivity contribution >= 4 is 29.9 Å². The third-order valence-electron chi connectivity index (χ3n) is 4.25. The molecular weight excluding hydrogens is 479 g/mol. The molecule has 1 heterocycles. The molecule has 0 atom stereocenters. The third kappa shape index (κ3) is 9.94. The maximum atomic E-state index is 11.8. The Morgan fingerprint density at radius 2 is 1.79 bits per heavy atom. The molecule has 0 saturated heterocycles. The van der Waals surface area contributed by atoms with Gasteiger partial charge in [0.1, 0.15) is 0 Å². The van der Waals surface area contributed by atoms with E-state index in [0.29, 0.717) is 13.1 Å². The van der Waals surface area contributed by atoms with Crippen LogP contribution in [0.3, 0.4) is 0 Å². The molecule has 0 unspecified atom stereocenters. The Morgan fingerprint density at radius 1 is 1.03 bits per heavy atom. The third-order valence-corrected chi connectivity index (χ3v) is 4.25. The van der Waals surface area contributed by atoms with Gasteiger partial charge in [0.25, 0.3) is 5.56 Å². The van der Waals surface area contributed by atoms with Crippen LogP contribution in [0.2, 0.25) is 0 Å². The number of hydrogen-bond donors (Lipinski definition) is 2. The number of unbranched alkanes of at least 4 members (excludes halogenated alkanes) is 1. The summed E-state index contributed by atoms with van der Waals surface area (Å²) < 4.78 is 7.05. The summed E-state index contributed by atoms with van der Waals surface area (Å²) in [4.78, 5) is 16.5. The molecule has 0 aliphatic carbocycles. The molecule has 0 bridgehead atoms. The van der Waals surface area contributed by atoms with Gasteiger partial charge in [0.2, 0.25) is 0 Å². The first-order valence-corrected chi connectivity index (χ1v) is 10.1. The normalized spacial score (nSPS) is 11.0. The van der Waals surface area contributed by atoms with Crippen LogP contribution < -0.4 is 16.2 Å². The molecule has 0 amide bonds. The highest BCUT2D eigenvalue weighted by atomic mass is 127. The molecule has 6 nitrogen and oxygen atoms in total. The summed E-state index contributed by atoms with van der Waals surface area (Å²) in [5, 5.41) is 6.64. The van der Waals surface area contributed by atoms with E-state index in [4.69, 9.17) is 4.74 Å². The zero-order valence-corrected chi connectivity index (χ0v) is 19.7. The molecular formula is C22H33IN4O2. The van der Waals surface area contributed by atoms with Crippen LogP contribution in [0.15, 0.2) is 58.4 Å². The van der Waals surface area contributed by atoms with Crippen LogP contribution in [0, 0.1) is 0 Å². The Balaban J connectivity index is 0.00000420. The van der Waals surface area contributed by atoms with Crippen molar-refractivity contribution in [2.24, 2.45) is 4.99 Å². The van der Waals surface area contributed by atoms with Crippen molar-refractivity contribution in [3.8, 4) is 0 Å². The number of nitrogens with zero attached hydrogens (tertiary/aromatic N) is 2. The second-order valence-corrected chi connectivity index (χ2v) is 6.51. The number of guanidine groups is 1. The summed E-state index contributed by atoms with van der Waals surface area (Å²) >= 11 is 0. The van der Waals surface area contributed by atoms with Crippen molar-refractivity contribution in [3.05, 3.63) is 70.1 Å². The molecule has 0 spiro atoms. The van der Waals surface area contributed by atoms with Crippen LogP contribution in [0.1, 0.15) is 37.8 Å². The average molecular weight is 512 g/mol. The minimum Gasteiger partial charge on any atom is -0.382 e. The van der Waals surface area contributed by atoms with Gasteiger partial charge in [0.15, 0.2) is 5.96 Å². The molecule has 0 saturated carbocycles. The van der Waals surface area contributed by atoms with Gasteiger partial charge in [-0.15, -0.1) is 24.0 Å². The van der Waals surface area contributed by atoms with E-state index in [0.717, 1.165) is 56.2 Å². The fraction of sp³-hybridized carbons (Fsp3) is 0.455. The van der Waals surface area contributed by atoms with Gasteiger partial charge in [0, 0.05) is 38.6 Å². The second kappa shape index (κ2) is 15.0. The summed E-state index contributed by atoms with van der Waals surface area (Å²) in [6.45, 7) is 8.56. The number of benzene rings is 1. The second-order valence-electron chi connectivity index (χ2n) is 6.51. The van der Waals surface area contributed by atoms with Crippen molar-refractivity contribution in [2.75, 3.05) is 26.3 Å². The van der Waals surface area contributed by atoms with Gasteiger partial charge in [0.05, 0.1) is 13.1 Å². The molecule has 7 heteroatoms. The monoisotopic (exact) mass is 512 g/mol. The summed E-state index contributed by atoms with van der Waals surface area (Å²) in [5.74, 6) is 0.832. The molecule has 160 valence electrons. The fourth-order valence-electron chi connectivity index (χ4n) is 2.73. The Kier molecular flexibility index (Phi) is 13.0. The van der Waals surface area contributed by atoms with Gasteiger partial charge >= 0.3 is 0 Å². The first kappa shape index (κ1) is 25.2. The largest absolute Gasteiger partial charge is 0.382 e. The van der Waals surface area contributed by atoms with E-state index in [2.05, 4.69) is 46.8 Å². The van der Waals surface area contributed by atoms with E-state index in [-0.39, 0.29) is 29.5 Å². The maximum Gasteiger partial charge on any atom is 0.250 e. The SMILES string of the molecule is CCNC(=NCc1ccc(Cn2ccccc2=O)cc1)NCCCCOCC.I. The summed E-state index contributed by atoms with van der Waals surface area (Å²) in [7, 11) is 0. The minimum absolute atomic E-state index is 0. The van der Waals surface area contributed by atoms with E-state index in [9.17, 15) is 4.79 Å². The van der Waals surface area contributed by atoms with Gasteiger partial charge in [-0.25, -0.2) is 4.99 Å². The molecule has 0 aliphatic rings. The molecule has 0 fully saturated rings. The number of aliphatic imine (C=N–C) groups is 1. The van der Waals surface area contributed by atoms with Crippen LogP contribution >= 0.6 is 24.0 Å². The Labute approximate surface area is 190 Å². The van der Waals surface area contributed by atoms with Crippen molar-refractivity contribution in [3.63, 3.8) is 0 Å². The first-order chi connectivity index (χ1) is 13.7. The highest BCUT2D eigenvalue weighted by molar-refractivity contribution is 14.0. The quantitative estimate of drug-likeness (QED) is 0.210. The summed E-state index contributed by atoms with van der Waals surface area (Å²) in [6, 6.07) is 13.5. The van der Waals surface area contributed by atoms with Gasteiger partial charge in [-0.1, -0.05) is 30.3 Å². The number of pyridine rings is 1. The van der Waals surface area contributed by atoms with Gasteiger partial charge in [-0.2, -0.15) is 0 Å². The van der Waals surface area contributed by atoms with Crippen LogP contribution in [0.25, 0.3) is 0 Å². The summed E-state index contributed by atoms with van der Waals surface area (Å²) in [5.41, 5.74) is 2.25. The highest BCUT2D eigenvalue weighted by Crippen LogP contribution is 2.07. The fourth-order valence-corrected chi connectivity index (χ4v) is 2.73. The van der Waals surface area contributed by atoms with Crippen LogP contribution in [-0.2, 0) is 17.8 Å². The standard InChI is InChI=1S/C22H32N4O2.HI/c1-3-23-22(24-14-6-8-16-28-4-2)25-17-19-10-12-20(13-11-19)18-26-15-7-5-9-21(26)27;/h5,7,9-13,15H,3-4,6,8,14,16-18H2,1-2H3,(H2,23,24,25);1H. The molecule has 2 N–H and O–H groups in total. The number of nitrogens with one attached hydrogen (secondary N) is 2. The predicted molar refractivity (Wildman–Crippen MR) is 130 cm³/mol. The van der Waals surface area contributed by atoms with Gasteiger partial charge < -0.3 is 19.9 Å².